The highest BCUT2D eigenvalue weighted by molar-refractivity contribution is 7.98. The summed E-state index contributed by atoms with van der Waals surface area (Å²) < 4.78 is 0. The summed E-state index contributed by atoms with van der Waals surface area (Å²) in [7, 11) is 0. The molecule has 0 heterocycles. The first kappa shape index (κ1) is 13.7. The van der Waals surface area contributed by atoms with E-state index in [2.05, 4.69) is 39.3 Å². The Kier molecular flexibility index (Phi) is 3.85. The molecule has 0 aromatic heterocycles. The second-order valence-corrected chi connectivity index (χ2v) is 8.18. The summed E-state index contributed by atoms with van der Waals surface area (Å²) in [4.78, 5) is 0. The maximum atomic E-state index is 3.96. The minimum atomic E-state index is 0.501. The zero-order chi connectivity index (χ0) is 12.7. The molecule has 1 nitrogen and oxygen atoms in total. The molecule has 2 aliphatic carbocycles. The lowest BCUT2D eigenvalue weighted by Gasteiger charge is -2.44. The molecule has 0 aliphatic heterocycles. The number of rotatable bonds is 5. The molecular weight excluding hydrogens is 226 g/mol. The standard InChI is InChI=1S/C15H29NS/c1-11(7-9-17-5)16-13-14(2,3)12-6-8-15(13,4)10-12/h11-13,16H,6-10H2,1-5H3/t11?,12-,13?,15+/m0/s1. The van der Waals surface area contributed by atoms with Crippen LogP contribution in [0.5, 0.6) is 0 Å². The second kappa shape index (κ2) is 4.77. The van der Waals surface area contributed by atoms with E-state index in [9.17, 15) is 0 Å². The summed E-state index contributed by atoms with van der Waals surface area (Å²) in [5, 5.41) is 3.96. The first-order valence-electron chi connectivity index (χ1n) is 7.15. The fraction of sp³-hybridized carbons (Fsp3) is 1.00. The van der Waals surface area contributed by atoms with E-state index >= 15 is 0 Å². The SMILES string of the molecule is CSCCC(C)NC1C(C)(C)[C@H]2CC[C@]1(C)C2. The van der Waals surface area contributed by atoms with Crippen molar-refractivity contribution in [1.29, 1.82) is 0 Å². The van der Waals surface area contributed by atoms with Crippen LogP contribution in [0.1, 0.15) is 53.4 Å². The van der Waals surface area contributed by atoms with Crippen molar-refractivity contribution in [2.24, 2.45) is 16.7 Å². The highest BCUT2D eigenvalue weighted by Crippen LogP contribution is 2.62. The van der Waals surface area contributed by atoms with Crippen molar-refractivity contribution in [1.82, 2.24) is 5.32 Å². The maximum absolute atomic E-state index is 3.96. The van der Waals surface area contributed by atoms with Gasteiger partial charge in [0.25, 0.3) is 0 Å². The summed E-state index contributed by atoms with van der Waals surface area (Å²) in [6, 6.07) is 1.40. The topological polar surface area (TPSA) is 12.0 Å². The zero-order valence-electron chi connectivity index (χ0n) is 12.2. The van der Waals surface area contributed by atoms with Gasteiger partial charge in [-0.3, -0.25) is 0 Å². The van der Waals surface area contributed by atoms with Gasteiger partial charge in [-0.25, -0.2) is 0 Å². The van der Waals surface area contributed by atoms with Crippen molar-refractivity contribution >= 4 is 11.8 Å². The van der Waals surface area contributed by atoms with Gasteiger partial charge in [0.2, 0.25) is 0 Å². The van der Waals surface area contributed by atoms with Gasteiger partial charge in [0.05, 0.1) is 0 Å². The van der Waals surface area contributed by atoms with Gasteiger partial charge >= 0.3 is 0 Å². The molecule has 4 atom stereocenters. The summed E-state index contributed by atoms with van der Waals surface area (Å²) in [5.41, 5.74) is 1.07. The Balaban J connectivity index is 2.00. The Labute approximate surface area is 112 Å². The predicted octanol–water partition coefficient (Wildman–Crippen LogP) is 3.93. The van der Waals surface area contributed by atoms with Gasteiger partial charge in [-0.05, 0) is 61.4 Å². The lowest BCUT2D eigenvalue weighted by Crippen LogP contribution is -2.53. The molecule has 0 amide bonds. The van der Waals surface area contributed by atoms with Gasteiger partial charge in [-0.1, -0.05) is 20.8 Å². The van der Waals surface area contributed by atoms with E-state index in [0.717, 1.165) is 12.0 Å². The Hall–Kier alpha value is 0.310. The molecule has 100 valence electrons. The Morgan fingerprint density at radius 2 is 2.06 bits per heavy atom. The van der Waals surface area contributed by atoms with Gasteiger partial charge in [-0.15, -0.1) is 0 Å². The van der Waals surface area contributed by atoms with Crippen LogP contribution in [0.2, 0.25) is 0 Å². The molecule has 0 aromatic carbocycles. The highest BCUT2D eigenvalue weighted by atomic mass is 32.2. The fourth-order valence-corrected chi connectivity index (χ4v) is 4.97. The van der Waals surface area contributed by atoms with Crippen LogP contribution < -0.4 is 5.32 Å². The van der Waals surface area contributed by atoms with Crippen LogP contribution in [-0.2, 0) is 0 Å². The Morgan fingerprint density at radius 1 is 1.35 bits per heavy atom. The largest absolute Gasteiger partial charge is 0.310 e. The first-order valence-corrected chi connectivity index (χ1v) is 8.54. The molecule has 2 aliphatic rings. The molecule has 2 heteroatoms. The van der Waals surface area contributed by atoms with Crippen LogP contribution in [0.4, 0.5) is 0 Å². The van der Waals surface area contributed by atoms with E-state index < -0.39 is 0 Å². The van der Waals surface area contributed by atoms with Crippen molar-refractivity contribution in [3.63, 3.8) is 0 Å². The maximum Gasteiger partial charge on any atom is 0.0177 e. The third-order valence-corrected chi connectivity index (χ3v) is 6.12. The molecule has 17 heavy (non-hydrogen) atoms. The average molecular weight is 255 g/mol. The van der Waals surface area contributed by atoms with E-state index in [1.165, 1.54) is 31.4 Å². The minimum absolute atomic E-state index is 0.501. The zero-order valence-corrected chi connectivity index (χ0v) is 13.0. The first-order chi connectivity index (χ1) is 7.90. The van der Waals surface area contributed by atoms with Crippen molar-refractivity contribution < 1.29 is 0 Å². The van der Waals surface area contributed by atoms with Crippen LogP contribution in [0, 0.1) is 16.7 Å². The number of hydrogen-bond donors (Lipinski definition) is 1. The van der Waals surface area contributed by atoms with E-state index in [0.29, 0.717) is 16.9 Å². The van der Waals surface area contributed by atoms with Crippen molar-refractivity contribution in [3.8, 4) is 0 Å². The quantitative estimate of drug-likeness (QED) is 0.799. The smallest absolute Gasteiger partial charge is 0.0177 e. The lowest BCUT2D eigenvalue weighted by molar-refractivity contribution is 0.0999. The van der Waals surface area contributed by atoms with Crippen molar-refractivity contribution in [3.05, 3.63) is 0 Å². The third kappa shape index (κ3) is 2.40. The van der Waals surface area contributed by atoms with E-state index in [-0.39, 0.29) is 0 Å². The predicted molar refractivity (Wildman–Crippen MR) is 78.6 cm³/mol. The van der Waals surface area contributed by atoms with E-state index in [1.54, 1.807) is 0 Å². The normalized spacial score (nSPS) is 40.8. The fourth-order valence-electron chi connectivity index (χ4n) is 4.38. The van der Waals surface area contributed by atoms with Crippen molar-refractivity contribution in [2.45, 2.75) is 65.5 Å². The molecule has 2 rings (SSSR count). The second-order valence-electron chi connectivity index (χ2n) is 7.20. The highest BCUT2D eigenvalue weighted by Gasteiger charge is 2.59. The Morgan fingerprint density at radius 3 is 2.59 bits per heavy atom. The van der Waals surface area contributed by atoms with Crippen LogP contribution in [0.3, 0.4) is 0 Å². The molecule has 1 N–H and O–H groups in total. The summed E-state index contributed by atoms with van der Waals surface area (Å²) in [6.07, 6.45) is 7.85. The molecule has 0 aromatic rings. The van der Waals surface area contributed by atoms with Crippen LogP contribution in [0.15, 0.2) is 0 Å². The number of hydrogen-bond acceptors (Lipinski definition) is 2. The van der Waals surface area contributed by atoms with Crippen LogP contribution in [-0.4, -0.2) is 24.1 Å². The molecule has 0 saturated heterocycles. The van der Waals surface area contributed by atoms with Crippen LogP contribution in [0.25, 0.3) is 0 Å². The number of thioether (sulfide) groups is 1. The Bertz CT molecular complexity index is 271. The lowest BCUT2D eigenvalue weighted by atomic mass is 9.68. The molecule has 2 saturated carbocycles. The molecule has 0 radical (unpaired) electrons. The minimum Gasteiger partial charge on any atom is -0.310 e. The molecular formula is C15H29NS. The van der Waals surface area contributed by atoms with Gasteiger partial charge < -0.3 is 5.32 Å². The summed E-state index contributed by atoms with van der Waals surface area (Å²) >= 11 is 1.96. The molecule has 0 spiro atoms. The van der Waals surface area contributed by atoms with Crippen LogP contribution >= 0.6 is 11.8 Å². The van der Waals surface area contributed by atoms with E-state index in [4.69, 9.17) is 0 Å². The molecule has 2 unspecified atom stereocenters. The average Bonchev–Trinajstić information content (AvgIpc) is 2.73. The third-order valence-electron chi connectivity index (χ3n) is 5.48. The molecule has 2 fully saturated rings. The molecule has 2 bridgehead atoms. The number of fused-ring (bicyclic) bond motifs is 2. The van der Waals surface area contributed by atoms with Gasteiger partial charge in [0.15, 0.2) is 0 Å². The number of nitrogens with one attached hydrogen (secondary N) is 1. The summed E-state index contributed by atoms with van der Waals surface area (Å²) in [6.45, 7) is 9.85. The monoisotopic (exact) mass is 255 g/mol. The van der Waals surface area contributed by atoms with E-state index in [1.807, 2.05) is 11.8 Å². The van der Waals surface area contributed by atoms with Gasteiger partial charge in [0, 0.05) is 12.1 Å². The van der Waals surface area contributed by atoms with Crippen molar-refractivity contribution in [2.75, 3.05) is 12.0 Å². The van der Waals surface area contributed by atoms with Gasteiger partial charge in [-0.2, -0.15) is 11.8 Å². The summed E-state index contributed by atoms with van der Waals surface area (Å²) in [5.74, 6) is 2.24. The van der Waals surface area contributed by atoms with Gasteiger partial charge in [0.1, 0.15) is 0 Å².